The summed E-state index contributed by atoms with van der Waals surface area (Å²) >= 11 is 3.51. The molecule has 0 saturated heterocycles. The Hall–Kier alpha value is -1.87. The quantitative estimate of drug-likeness (QED) is 0.562. The molecule has 0 spiro atoms. The zero-order chi connectivity index (χ0) is 16.7. The van der Waals surface area contributed by atoms with Gasteiger partial charge < -0.3 is 9.32 Å². The number of thiazole rings is 1. The number of aryl methyl sites for hydroxylation is 1. The van der Waals surface area contributed by atoms with Crippen LogP contribution >= 0.6 is 33.9 Å². The van der Waals surface area contributed by atoms with Crippen molar-refractivity contribution < 1.29 is 4.42 Å². The van der Waals surface area contributed by atoms with Crippen molar-refractivity contribution in [1.29, 1.82) is 0 Å². The molecular formula is C17H14IN3O2S. The number of fused-ring (bicyclic) bond motifs is 1. The number of benzene rings is 1. The lowest BCUT2D eigenvalue weighted by molar-refractivity contribution is 0.528. The van der Waals surface area contributed by atoms with E-state index in [1.807, 2.05) is 12.1 Å². The van der Waals surface area contributed by atoms with Crippen molar-refractivity contribution in [2.24, 2.45) is 4.99 Å². The standard InChI is InChI=1S/C17H14IN3O2S/c1-11-2-4-12(5-3-11)20-9-19-17-21(10-20)16(22)14(24-17)8-13-6-7-15(18)23-13/h2-8H,9-10H2,1H3. The molecule has 3 heterocycles. The van der Waals surface area contributed by atoms with Gasteiger partial charge in [0, 0.05) is 11.8 Å². The molecule has 0 aliphatic carbocycles. The van der Waals surface area contributed by atoms with Crippen LogP contribution in [0, 0.1) is 10.7 Å². The van der Waals surface area contributed by atoms with Gasteiger partial charge in [0.2, 0.25) is 0 Å². The number of anilines is 1. The van der Waals surface area contributed by atoms with E-state index in [2.05, 4.69) is 63.7 Å². The van der Waals surface area contributed by atoms with Gasteiger partial charge in [-0.15, -0.1) is 0 Å². The minimum absolute atomic E-state index is 0.0260. The van der Waals surface area contributed by atoms with Gasteiger partial charge in [-0.05, 0) is 53.8 Å². The summed E-state index contributed by atoms with van der Waals surface area (Å²) in [6, 6.07) is 12.0. The van der Waals surface area contributed by atoms with Crippen LogP contribution in [0.1, 0.15) is 11.3 Å². The molecule has 0 N–H and O–H groups in total. The Morgan fingerprint density at radius 3 is 2.75 bits per heavy atom. The SMILES string of the molecule is Cc1ccc(N2CN=c3sc(=Cc4ccc(I)o4)c(=O)n3C2)cc1. The van der Waals surface area contributed by atoms with Gasteiger partial charge in [0.25, 0.3) is 5.56 Å². The highest BCUT2D eigenvalue weighted by atomic mass is 127. The fourth-order valence-electron chi connectivity index (χ4n) is 2.57. The molecule has 0 unspecified atom stereocenters. The smallest absolute Gasteiger partial charge is 0.271 e. The van der Waals surface area contributed by atoms with Crippen molar-refractivity contribution in [3.8, 4) is 0 Å². The molecule has 1 aromatic carbocycles. The molecule has 1 aliphatic heterocycles. The Balaban J connectivity index is 1.71. The molecule has 2 aromatic heterocycles. The van der Waals surface area contributed by atoms with Crippen molar-refractivity contribution in [2.75, 3.05) is 11.6 Å². The first-order valence-electron chi connectivity index (χ1n) is 7.43. The molecule has 122 valence electrons. The first-order chi connectivity index (χ1) is 11.6. The molecule has 0 atom stereocenters. The maximum absolute atomic E-state index is 12.7. The minimum Gasteiger partial charge on any atom is -0.451 e. The highest BCUT2D eigenvalue weighted by Gasteiger charge is 2.16. The molecule has 0 bridgehead atoms. The fourth-order valence-corrected chi connectivity index (χ4v) is 3.94. The third-order valence-electron chi connectivity index (χ3n) is 3.84. The zero-order valence-electron chi connectivity index (χ0n) is 12.9. The van der Waals surface area contributed by atoms with Crippen molar-refractivity contribution in [3.63, 3.8) is 0 Å². The molecule has 0 fully saturated rings. The van der Waals surface area contributed by atoms with Gasteiger partial charge in [-0.1, -0.05) is 29.0 Å². The fraction of sp³-hybridized carbons (Fsp3) is 0.176. The number of rotatable bonds is 2. The average Bonchev–Trinajstić information content (AvgIpc) is 3.12. The highest BCUT2D eigenvalue weighted by Crippen LogP contribution is 2.16. The first-order valence-corrected chi connectivity index (χ1v) is 9.32. The average molecular weight is 451 g/mol. The van der Waals surface area contributed by atoms with Crippen LogP contribution in [-0.2, 0) is 6.67 Å². The highest BCUT2D eigenvalue weighted by molar-refractivity contribution is 14.1. The van der Waals surface area contributed by atoms with Crippen LogP contribution in [0.25, 0.3) is 6.08 Å². The van der Waals surface area contributed by atoms with E-state index >= 15 is 0 Å². The predicted octanol–water partition coefficient (Wildman–Crippen LogP) is 2.30. The Morgan fingerprint density at radius 2 is 2.04 bits per heavy atom. The van der Waals surface area contributed by atoms with E-state index in [1.54, 1.807) is 10.6 Å². The molecule has 7 heteroatoms. The van der Waals surface area contributed by atoms with Gasteiger partial charge >= 0.3 is 0 Å². The van der Waals surface area contributed by atoms with Crippen molar-refractivity contribution in [2.45, 2.75) is 13.6 Å². The molecule has 3 aromatic rings. The maximum Gasteiger partial charge on any atom is 0.271 e. The van der Waals surface area contributed by atoms with Crippen molar-refractivity contribution >= 4 is 45.7 Å². The van der Waals surface area contributed by atoms with Crippen LogP contribution in [0.15, 0.2) is 50.6 Å². The lowest BCUT2D eigenvalue weighted by Gasteiger charge is -2.25. The van der Waals surface area contributed by atoms with Gasteiger partial charge in [-0.2, -0.15) is 0 Å². The maximum atomic E-state index is 12.7. The second-order valence-corrected chi connectivity index (χ2v) is 7.66. The van der Waals surface area contributed by atoms with E-state index in [1.165, 1.54) is 16.9 Å². The molecule has 0 radical (unpaired) electrons. The first kappa shape index (κ1) is 15.6. The van der Waals surface area contributed by atoms with Crippen molar-refractivity contribution in [3.05, 3.63) is 71.2 Å². The number of hydrogen-bond acceptors (Lipinski definition) is 5. The normalized spacial score (nSPS) is 14.6. The van der Waals surface area contributed by atoms with Gasteiger partial charge in [0.15, 0.2) is 8.57 Å². The van der Waals surface area contributed by atoms with Crippen LogP contribution in [-0.4, -0.2) is 11.2 Å². The Labute approximate surface area is 155 Å². The zero-order valence-corrected chi connectivity index (χ0v) is 15.9. The van der Waals surface area contributed by atoms with Crippen LogP contribution in [0.5, 0.6) is 0 Å². The van der Waals surface area contributed by atoms with E-state index in [9.17, 15) is 4.79 Å². The van der Waals surface area contributed by atoms with Crippen molar-refractivity contribution in [1.82, 2.24) is 4.57 Å². The van der Waals surface area contributed by atoms with E-state index < -0.39 is 0 Å². The van der Waals surface area contributed by atoms with Crippen LogP contribution in [0.3, 0.4) is 0 Å². The minimum atomic E-state index is -0.0260. The molecule has 5 nitrogen and oxygen atoms in total. The van der Waals surface area contributed by atoms with E-state index in [4.69, 9.17) is 4.42 Å². The largest absolute Gasteiger partial charge is 0.451 e. The molecule has 0 saturated carbocycles. The van der Waals surface area contributed by atoms with Crippen LogP contribution in [0.4, 0.5) is 5.69 Å². The van der Waals surface area contributed by atoms with Crippen LogP contribution in [0.2, 0.25) is 0 Å². The molecular weight excluding hydrogens is 437 g/mol. The van der Waals surface area contributed by atoms with Gasteiger partial charge in [-0.25, -0.2) is 4.99 Å². The summed E-state index contributed by atoms with van der Waals surface area (Å²) in [4.78, 5) is 20.1. The summed E-state index contributed by atoms with van der Waals surface area (Å²) in [6.45, 7) is 3.13. The lowest BCUT2D eigenvalue weighted by atomic mass is 10.2. The number of halogens is 1. The molecule has 1 aliphatic rings. The Morgan fingerprint density at radius 1 is 1.25 bits per heavy atom. The summed E-state index contributed by atoms with van der Waals surface area (Å²) in [5, 5.41) is 0. The Bertz CT molecular complexity index is 1060. The third-order valence-corrected chi connectivity index (χ3v) is 5.47. The molecule has 4 rings (SSSR count). The number of hydrogen-bond donors (Lipinski definition) is 0. The summed E-state index contributed by atoms with van der Waals surface area (Å²) < 4.78 is 8.69. The second-order valence-electron chi connectivity index (χ2n) is 5.58. The van der Waals surface area contributed by atoms with Gasteiger partial charge in [0.1, 0.15) is 19.1 Å². The number of aromatic nitrogens is 1. The van der Waals surface area contributed by atoms with Gasteiger partial charge in [0.05, 0.1) is 4.53 Å². The topological polar surface area (TPSA) is 50.7 Å². The molecule has 24 heavy (non-hydrogen) atoms. The van der Waals surface area contributed by atoms with E-state index in [0.29, 0.717) is 23.6 Å². The summed E-state index contributed by atoms with van der Waals surface area (Å²) in [6.07, 6.45) is 1.78. The predicted molar refractivity (Wildman–Crippen MR) is 103 cm³/mol. The summed E-state index contributed by atoms with van der Waals surface area (Å²) in [7, 11) is 0. The third kappa shape index (κ3) is 2.93. The van der Waals surface area contributed by atoms with E-state index in [-0.39, 0.29) is 5.56 Å². The summed E-state index contributed by atoms with van der Waals surface area (Å²) in [5.41, 5.74) is 2.26. The number of furan rings is 1. The molecule has 0 amide bonds. The number of nitrogens with zero attached hydrogens (tertiary/aromatic N) is 3. The lowest BCUT2D eigenvalue weighted by Crippen LogP contribution is -2.42. The van der Waals surface area contributed by atoms with E-state index in [0.717, 1.165) is 14.3 Å². The monoisotopic (exact) mass is 451 g/mol. The second kappa shape index (κ2) is 6.21. The van der Waals surface area contributed by atoms with Crippen LogP contribution < -0.4 is 19.8 Å². The van der Waals surface area contributed by atoms with Gasteiger partial charge in [-0.3, -0.25) is 9.36 Å². The Kier molecular flexibility index (Phi) is 4.05. The summed E-state index contributed by atoms with van der Waals surface area (Å²) in [5.74, 6) is 0.686.